The second kappa shape index (κ2) is 12.0. The number of halogens is 4. The number of benzene rings is 1. The van der Waals surface area contributed by atoms with E-state index in [9.17, 15) is 36.2 Å². The number of aliphatic hydroxyl groups is 2. The molecular weight excluding hydrogens is 648 g/mol. The minimum atomic E-state index is -3.46. The maximum absolute atomic E-state index is 14.8. The summed E-state index contributed by atoms with van der Waals surface area (Å²) in [5, 5.41) is 27.9. The first kappa shape index (κ1) is 32.5. The Morgan fingerprint density at radius 2 is 1.70 bits per heavy atom. The van der Waals surface area contributed by atoms with E-state index >= 15 is 0 Å². The van der Waals surface area contributed by atoms with Gasteiger partial charge in [0.1, 0.15) is 32.3 Å². The van der Waals surface area contributed by atoms with Gasteiger partial charge < -0.3 is 20.8 Å². The van der Waals surface area contributed by atoms with Gasteiger partial charge in [0, 0.05) is 29.9 Å². The fraction of sp³-hybridized carbons (Fsp3) is 0.467. The van der Waals surface area contributed by atoms with Crippen LogP contribution in [0.5, 0.6) is 0 Å². The molecule has 0 unspecified atom stereocenters. The van der Waals surface area contributed by atoms with Gasteiger partial charge in [-0.15, -0.1) is 11.3 Å². The minimum absolute atomic E-state index is 0.0883. The van der Waals surface area contributed by atoms with Gasteiger partial charge in [-0.1, -0.05) is 0 Å². The van der Waals surface area contributed by atoms with E-state index in [4.69, 9.17) is 4.98 Å². The van der Waals surface area contributed by atoms with E-state index in [0.717, 1.165) is 41.9 Å². The monoisotopic (exact) mass is 680 g/mol. The molecule has 0 radical (unpaired) electrons. The third-order valence-electron chi connectivity index (χ3n) is 8.54. The van der Waals surface area contributed by atoms with Gasteiger partial charge in [-0.25, -0.2) is 35.9 Å². The second-order valence-electron chi connectivity index (χ2n) is 12.2. The van der Waals surface area contributed by atoms with Gasteiger partial charge >= 0.3 is 0 Å². The van der Waals surface area contributed by atoms with Gasteiger partial charge in [0.25, 0.3) is 0 Å². The van der Waals surface area contributed by atoms with E-state index in [0.29, 0.717) is 22.2 Å². The summed E-state index contributed by atoms with van der Waals surface area (Å²) in [5.41, 5.74) is 0.792. The first-order valence-corrected chi connectivity index (χ1v) is 17.6. The van der Waals surface area contributed by atoms with E-state index in [1.807, 2.05) is 6.07 Å². The van der Waals surface area contributed by atoms with Crippen molar-refractivity contribution in [3.05, 3.63) is 58.0 Å². The average molecular weight is 681 g/mol. The van der Waals surface area contributed by atoms with Crippen LogP contribution in [0.2, 0.25) is 0 Å². The lowest BCUT2D eigenvalue weighted by atomic mass is 10.0. The van der Waals surface area contributed by atoms with Crippen LogP contribution in [0.1, 0.15) is 60.7 Å². The minimum Gasteiger partial charge on any atom is -0.390 e. The molecule has 0 bridgehead atoms. The van der Waals surface area contributed by atoms with Crippen LogP contribution in [0, 0.1) is 43.0 Å². The molecule has 4 aromatic rings. The van der Waals surface area contributed by atoms with Crippen molar-refractivity contribution in [2.24, 2.45) is 5.92 Å². The zero-order valence-electron chi connectivity index (χ0n) is 25.3. The van der Waals surface area contributed by atoms with Crippen molar-refractivity contribution in [2.45, 2.75) is 70.2 Å². The van der Waals surface area contributed by atoms with Crippen LogP contribution in [-0.2, 0) is 9.84 Å². The Morgan fingerprint density at radius 3 is 2.33 bits per heavy atom. The van der Waals surface area contributed by atoms with Gasteiger partial charge in [-0.3, -0.25) is 4.98 Å². The highest BCUT2D eigenvalue weighted by Crippen LogP contribution is 2.45. The van der Waals surface area contributed by atoms with Crippen LogP contribution in [-0.4, -0.2) is 68.8 Å². The predicted octanol–water partition coefficient (Wildman–Crippen LogP) is 4.94. The molecule has 6 rings (SSSR count). The highest BCUT2D eigenvalue weighted by atomic mass is 32.2. The summed E-state index contributed by atoms with van der Waals surface area (Å²) in [6.07, 6.45) is 2.20. The van der Waals surface area contributed by atoms with Crippen LogP contribution in [0.4, 0.5) is 29.3 Å². The third kappa shape index (κ3) is 6.02. The van der Waals surface area contributed by atoms with Crippen LogP contribution < -0.4 is 10.6 Å². The highest BCUT2D eigenvalue weighted by Gasteiger charge is 2.43. The molecule has 246 valence electrons. The number of anilines is 2. The number of thiazole rings is 1. The van der Waals surface area contributed by atoms with Crippen molar-refractivity contribution in [3.8, 4) is 10.6 Å². The fourth-order valence-electron chi connectivity index (χ4n) is 6.04. The van der Waals surface area contributed by atoms with Gasteiger partial charge in [-0.05, 0) is 46.1 Å². The summed E-state index contributed by atoms with van der Waals surface area (Å²) in [5.74, 6) is -6.89. The van der Waals surface area contributed by atoms with E-state index < -0.39 is 74.4 Å². The number of pyridine rings is 1. The maximum atomic E-state index is 14.8. The highest BCUT2D eigenvalue weighted by molar-refractivity contribution is 7.90. The molecule has 2 fully saturated rings. The number of aliphatic hydroxyl groups excluding tert-OH is 2. The number of rotatable bonds is 9. The Balaban J connectivity index is 1.41. The molecule has 3 aromatic heterocycles. The number of aromatic nitrogens is 4. The number of nitrogens with one attached hydrogen (secondary N) is 2. The molecular formula is C30H32F4N6O4S2. The third-order valence-corrected chi connectivity index (χ3v) is 10.6. The van der Waals surface area contributed by atoms with Crippen LogP contribution in [0.15, 0.2) is 12.3 Å². The number of hydrogen-bond donors (Lipinski definition) is 4. The Morgan fingerprint density at radius 1 is 1.02 bits per heavy atom. The second-order valence-corrected chi connectivity index (χ2v) is 15.4. The molecule has 5 atom stereocenters. The normalized spacial score (nSPS) is 22.4. The van der Waals surface area contributed by atoms with Crippen molar-refractivity contribution in [3.63, 3.8) is 0 Å². The number of hydrogen-bond acceptors (Lipinski definition) is 11. The van der Waals surface area contributed by atoms with Crippen LogP contribution >= 0.6 is 11.3 Å². The molecule has 0 aliphatic heterocycles. The Kier molecular flexibility index (Phi) is 8.44. The van der Waals surface area contributed by atoms with E-state index in [1.54, 1.807) is 13.1 Å². The first-order valence-electron chi connectivity index (χ1n) is 14.7. The number of nitrogens with zero attached hydrogens (tertiary/aromatic N) is 4. The van der Waals surface area contributed by atoms with Crippen molar-refractivity contribution in [1.82, 2.24) is 19.9 Å². The van der Waals surface area contributed by atoms with Gasteiger partial charge in [-0.2, -0.15) is 4.98 Å². The summed E-state index contributed by atoms with van der Waals surface area (Å²) in [7, 11) is -3.46. The molecule has 10 nitrogen and oxygen atoms in total. The number of aryl methyl sites for hydroxylation is 1. The van der Waals surface area contributed by atoms with E-state index in [-0.39, 0.29) is 23.9 Å². The van der Waals surface area contributed by atoms with Crippen molar-refractivity contribution >= 4 is 43.2 Å². The lowest BCUT2D eigenvalue weighted by molar-refractivity contribution is 0.0216. The zero-order chi connectivity index (χ0) is 33.2. The molecule has 2 saturated carbocycles. The number of fused-ring (bicyclic) bond motifs is 1. The lowest BCUT2D eigenvalue weighted by Gasteiger charge is -2.22. The van der Waals surface area contributed by atoms with Gasteiger partial charge in [0.2, 0.25) is 5.95 Å². The molecule has 46 heavy (non-hydrogen) atoms. The van der Waals surface area contributed by atoms with Gasteiger partial charge in [0.15, 0.2) is 23.3 Å². The SMILES string of the molecule is Cc1nc(N[C@H](C)c2c(F)c(F)c(C)c(F)c2F)nc(N[C@@H]2C[C@H](CS(C)(=O)=O)[C@@H](O)[C@H]2O)c1-c1nc2c(C3CC3)nccc2s1. The molecule has 0 saturated heterocycles. The van der Waals surface area contributed by atoms with Crippen molar-refractivity contribution < 1.29 is 36.2 Å². The summed E-state index contributed by atoms with van der Waals surface area (Å²) < 4.78 is 83.2. The fourth-order valence-corrected chi connectivity index (χ4v) is 8.22. The Labute approximate surface area is 266 Å². The molecule has 1 aromatic carbocycles. The average Bonchev–Trinajstić information content (AvgIpc) is 3.69. The maximum Gasteiger partial charge on any atom is 0.225 e. The van der Waals surface area contributed by atoms with Crippen molar-refractivity contribution in [1.29, 1.82) is 0 Å². The Hall–Kier alpha value is -3.47. The van der Waals surface area contributed by atoms with E-state index in [1.165, 1.54) is 18.3 Å². The molecule has 4 N–H and O–H groups in total. The van der Waals surface area contributed by atoms with Crippen molar-refractivity contribution in [2.75, 3.05) is 22.6 Å². The molecule has 2 aliphatic rings. The molecule has 16 heteroatoms. The summed E-state index contributed by atoms with van der Waals surface area (Å²) in [4.78, 5) is 18.4. The molecule has 2 aliphatic carbocycles. The molecule has 3 heterocycles. The topological polar surface area (TPSA) is 150 Å². The largest absolute Gasteiger partial charge is 0.390 e. The lowest BCUT2D eigenvalue weighted by Crippen LogP contribution is -2.36. The van der Waals surface area contributed by atoms with Crippen LogP contribution in [0.3, 0.4) is 0 Å². The first-order chi connectivity index (χ1) is 21.6. The quantitative estimate of drug-likeness (QED) is 0.141. The smallest absolute Gasteiger partial charge is 0.225 e. The van der Waals surface area contributed by atoms with E-state index in [2.05, 4.69) is 25.6 Å². The standard InChI is InChI=1S/C30H32F4N6O4S2/c1-11-20(31)22(33)18(23(34)21(11)32)12(2)36-30-37-13(3)19(29-39-25-17(45-29)7-8-35-24(25)14-5-6-14)28(40-30)38-16-9-15(10-46(4,43)44)26(41)27(16)42/h7-8,12,14-16,26-27,41-42H,5-6,9-10H2,1-4H3,(H2,36,37,38,40)/t12-,15-,16-,26-,27+/m1/s1. The van der Waals surface area contributed by atoms with Crippen LogP contribution in [0.25, 0.3) is 20.8 Å². The van der Waals surface area contributed by atoms with Gasteiger partial charge in [0.05, 0.1) is 51.2 Å². The number of sulfone groups is 1. The molecule has 0 amide bonds. The summed E-state index contributed by atoms with van der Waals surface area (Å²) in [6, 6.07) is -0.317. The Bertz CT molecular complexity index is 1930. The molecule has 0 spiro atoms. The zero-order valence-corrected chi connectivity index (χ0v) is 26.9. The summed E-state index contributed by atoms with van der Waals surface area (Å²) in [6.45, 7) is 3.88. The predicted molar refractivity (Wildman–Crippen MR) is 165 cm³/mol. The summed E-state index contributed by atoms with van der Waals surface area (Å²) >= 11 is 1.37.